The van der Waals surface area contributed by atoms with Crippen LogP contribution in [-0.2, 0) is 10.1 Å². The van der Waals surface area contributed by atoms with Crippen LogP contribution in [0.1, 0.15) is 17.9 Å². The molecule has 1 aromatic rings. The van der Waals surface area contributed by atoms with Crippen molar-refractivity contribution in [3.05, 3.63) is 29.8 Å². The summed E-state index contributed by atoms with van der Waals surface area (Å²) in [6.45, 7) is 0. The van der Waals surface area contributed by atoms with Crippen molar-refractivity contribution < 1.29 is 17.7 Å². The molecule has 1 saturated carbocycles. The van der Waals surface area contributed by atoms with Crippen LogP contribution in [0.3, 0.4) is 0 Å². The Kier molecular flexibility index (Phi) is 2.44. The molecule has 0 aromatic heterocycles. The van der Waals surface area contributed by atoms with Gasteiger partial charge in [-0.3, -0.25) is 4.55 Å². The van der Waals surface area contributed by atoms with Gasteiger partial charge in [0.15, 0.2) is 0 Å². The van der Waals surface area contributed by atoms with E-state index in [0.717, 1.165) is 11.3 Å². The van der Waals surface area contributed by atoms with Crippen molar-refractivity contribution in [1.29, 1.82) is 0 Å². The third kappa shape index (κ3) is 2.13. The van der Waals surface area contributed by atoms with Crippen LogP contribution in [0.25, 0.3) is 0 Å². The van der Waals surface area contributed by atoms with Crippen LogP contribution < -0.4 is 4.74 Å². The van der Waals surface area contributed by atoms with Crippen LogP contribution in [0.2, 0.25) is 0 Å². The lowest BCUT2D eigenvalue weighted by atomic mass is 10.1. The first-order chi connectivity index (χ1) is 7.02. The standard InChI is InChI=1S/C10H12O4S/c1-14-8-4-2-7(3-5-8)9-6-10(9)15(11,12)13/h2-5,9-10H,6H2,1H3,(H,11,12,13)/t9-,10+/m1/s1. The van der Waals surface area contributed by atoms with Crippen molar-refractivity contribution in [2.24, 2.45) is 0 Å². The Morgan fingerprint density at radius 3 is 2.33 bits per heavy atom. The van der Waals surface area contributed by atoms with Gasteiger partial charge in [0.25, 0.3) is 10.1 Å². The zero-order chi connectivity index (χ0) is 11.1. The van der Waals surface area contributed by atoms with Crippen LogP contribution in [-0.4, -0.2) is 25.3 Å². The molecule has 0 unspecified atom stereocenters. The van der Waals surface area contributed by atoms with Gasteiger partial charge in [0.2, 0.25) is 0 Å². The molecule has 2 atom stereocenters. The second-order valence-electron chi connectivity index (χ2n) is 3.67. The molecule has 0 bridgehead atoms. The monoisotopic (exact) mass is 228 g/mol. The van der Waals surface area contributed by atoms with Gasteiger partial charge in [-0.2, -0.15) is 8.42 Å². The molecule has 0 amide bonds. The summed E-state index contributed by atoms with van der Waals surface area (Å²) in [5.74, 6) is 0.675. The van der Waals surface area contributed by atoms with Crippen LogP contribution in [0.15, 0.2) is 24.3 Å². The minimum Gasteiger partial charge on any atom is -0.497 e. The Bertz CT molecular complexity index is 449. The molecule has 0 aliphatic heterocycles. The lowest BCUT2D eigenvalue weighted by Gasteiger charge is -2.01. The van der Waals surface area contributed by atoms with Gasteiger partial charge in [0.05, 0.1) is 12.4 Å². The van der Waals surface area contributed by atoms with E-state index in [4.69, 9.17) is 9.29 Å². The number of ether oxygens (including phenoxy) is 1. The summed E-state index contributed by atoms with van der Waals surface area (Å²) in [4.78, 5) is 0. The molecule has 1 aromatic carbocycles. The molecule has 2 rings (SSSR count). The number of methoxy groups -OCH3 is 1. The van der Waals surface area contributed by atoms with E-state index >= 15 is 0 Å². The van der Waals surface area contributed by atoms with E-state index < -0.39 is 15.4 Å². The van der Waals surface area contributed by atoms with Gasteiger partial charge < -0.3 is 4.74 Å². The topological polar surface area (TPSA) is 63.6 Å². The summed E-state index contributed by atoms with van der Waals surface area (Å²) >= 11 is 0. The molecular formula is C10H12O4S. The van der Waals surface area contributed by atoms with Crippen LogP contribution in [0.5, 0.6) is 5.75 Å². The van der Waals surface area contributed by atoms with Crippen LogP contribution in [0.4, 0.5) is 0 Å². The molecule has 0 radical (unpaired) electrons. The molecule has 1 aliphatic rings. The van der Waals surface area contributed by atoms with E-state index in [1.807, 2.05) is 12.1 Å². The maximum atomic E-state index is 10.8. The van der Waals surface area contributed by atoms with Gasteiger partial charge in [-0.1, -0.05) is 12.1 Å². The van der Waals surface area contributed by atoms with E-state index in [-0.39, 0.29) is 5.92 Å². The second kappa shape index (κ2) is 3.50. The van der Waals surface area contributed by atoms with Gasteiger partial charge in [-0.15, -0.1) is 0 Å². The van der Waals surface area contributed by atoms with Crippen molar-refractivity contribution in [2.75, 3.05) is 7.11 Å². The summed E-state index contributed by atoms with van der Waals surface area (Å²) in [5, 5.41) is -0.620. The number of hydrogen-bond acceptors (Lipinski definition) is 3. The lowest BCUT2D eigenvalue weighted by molar-refractivity contribution is 0.414. The molecule has 15 heavy (non-hydrogen) atoms. The minimum absolute atomic E-state index is 0.0640. The van der Waals surface area contributed by atoms with Crippen molar-refractivity contribution in [3.8, 4) is 5.75 Å². The Hall–Kier alpha value is -1.07. The first-order valence-electron chi connectivity index (χ1n) is 4.62. The maximum absolute atomic E-state index is 10.8. The normalized spacial score (nSPS) is 24.9. The second-order valence-corrected chi connectivity index (χ2v) is 5.30. The Morgan fingerprint density at radius 1 is 1.33 bits per heavy atom. The zero-order valence-electron chi connectivity index (χ0n) is 8.25. The van der Waals surface area contributed by atoms with Gasteiger partial charge in [0.1, 0.15) is 5.75 Å². The Balaban J connectivity index is 2.14. The van der Waals surface area contributed by atoms with E-state index in [0.29, 0.717) is 6.42 Å². The number of benzene rings is 1. The van der Waals surface area contributed by atoms with Crippen LogP contribution >= 0.6 is 0 Å². The Labute approximate surface area is 88.6 Å². The first kappa shape index (κ1) is 10.4. The van der Waals surface area contributed by atoms with Gasteiger partial charge in [0, 0.05) is 5.92 Å². The number of rotatable bonds is 3. The van der Waals surface area contributed by atoms with E-state index in [2.05, 4.69) is 0 Å². The van der Waals surface area contributed by atoms with Gasteiger partial charge >= 0.3 is 0 Å². The van der Waals surface area contributed by atoms with Crippen molar-refractivity contribution >= 4 is 10.1 Å². The maximum Gasteiger partial charge on any atom is 0.268 e. The SMILES string of the molecule is COc1ccc([C@H]2C[C@@H]2S(=O)(=O)O)cc1. The molecule has 0 spiro atoms. The highest BCUT2D eigenvalue weighted by atomic mass is 32.2. The largest absolute Gasteiger partial charge is 0.497 e. The minimum atomic E-state index is -3.87. The molecule has 4 nitrogen and oxygen atoms in total. The van der Waals surface area contributed by atoms with E-state index in [1.54, 1.807) is 19.2 Å². The molecule has 0 saturated heterocycles. The molecular weight excluding hydrogens is 216 g/mol. The molecule has 82 valence electrons. The molecule has 1 N–H and O–H groups in total. The predicted molar refractivity (Wildman–Crippen MR) is 55.7 cm³/mol. The Morgan fingerprint density at radius 2 is 1.93 bits per heavy atom. The quantitative estimate of drug-likeness (QED) is 0.795. The lowest BCUT2D eigenvalue weighted by Crippen LogP contribution is -2.05. The fraction of sp³-hybridized carbons (Fsp3) is 0.400. The summed E-state index contributed by atoms with van der Waals surface area (Å²) in [6, 6.07) is 7.23. The average molecular weight is 228 g/mol. The highest BCUT2D eigenvalue weighted by molar-refractivity contribution is 7.86. The number of hydrogen-bond donors (Lipinski definition) is 1. The summed E-state index contributed by atoms with van der Waals surface area (Å²) in [7, 11) is -2.30. The summed E-state index contributed by atoms with van der Waals surface area (Å²) in [6.07, 6.45) is 0.505. The van der Waals surface area contributed by atoms with Crippen molar-refractivity contribution in [2.45, 2.75) is 17.6 Å². The first-order valence-corrected chi connectivity index (χ1v) is 6.13. The van der Waals surface area contributed by atoms with Crippen LogP contribution in [0, 0.1) is 0 Å². The van der Waals surface area contributed by atoms with Gasteiger partial charge in [-0.05, 0) is 24.1 Å². The predicted octanol–water partition coefficient (Wildman–Crippen LogP) is 1.44. The third-order valence-electron chi connectivity index (χ3n) is 2.66. The molecule has 0 heterocycles. The van der Waals surface area contributed by atoms with E-state index in [1.165, 1.54) is 0 Å². The smallest absolute Gasteiger partial charge is 0.268 e. The highest BCUT2D eigenvalue weighted by Crippen LogP contribution is 2.45. The summed E-state index contributed by atoms with van der Waals surface area (Å²) in [5.41, 5.74) is 0.929. The van der Waals surface area contributed by atoms with Crippen molar-refractivity contribution in [3.63, 3.8) is 0 Å². The average Bonchev–Trinajstić information content (AvgIpc) is 2.97. The van der Waals surface area contributed by atoms with Crippen molar-refractivity contribution in [1.82, 2.24) is 0 Å². The zero-order valence-corrected chi connectivity index (χ0v) is 9.07. The highest BCUT2D eigenvalue weighted by Gasteiger charge is 2.47. The van der Waals surface area contributed by atoms with Gasteiger partial charge in [-0.25, -0.2) is 0 Å². The fourth-order valence-corrected chi connectivity index (χ4v) is 2.73. The van der Waals surface area contributed by atoms with E-state index in [9.17, 15) is 8.42 Å². The molecule has 1 aliphatic carbocycles. The molecule has 5 heteroatoms. The molecule has 1 fully saturated rings. The summed E-state index contributed by atoms with van der Waals surface area (Å²) < 4.78 is 35.5. The fourth-order valence-electron chi connectivity index (χ4n) is 1.70. The third-order valence-corrected chi connectivity index (χ3v) is 3.94.